The average Bonchev–Trinajstić information content (AvgIpc) is 3.00. The van der Waals surface area contributed by atoms with E-state index < -0.39 is 0 Å². The Morgan fingerprint density at radius 2 is 2.08 bits per heavy atom. The predicted molar refractivity (Wildman–Crippen MR) is 51.3 cm³/mol. The van der Waals surface area contributed by atoms with Gasteiger partial charge >= 0.3 is 0 Å². The molecule has 3 nitrogen and oxygen atoms in total. The number of piperidine rings is 1. The van der Waals surface area contributed by atoms with E-state index in [1.807, 2.05) is 0 Å². The molecule has 1 amide bonds. The summed E-state index contributed by atoms with van der Waals surface area (Å²) in [5, 5.41) is 5.98. The second-order valence-electron chi connectivity index (χ2n) is 4.24. The molecule has 0 aromatic heterocycles. The molecule has 1 aliphatic heterocycles. The van der Waals surface area contributed by atoms with E-state index in [1.165, 1.54) is 19.3 Å². The molecule has 1 heterocycles. The van der Waals surface area contributed by atoms with Crippen molar-refractivity contribution in [3.05, 3.63) is 0 Å². The minimum atomic E-state index is 0.0735. The van der Waals surface area contributed by atoms with Gasteiger partial charge in [0.1, 0.15) is 0 Å². The van der Waals surface area contributed by atoms with Gasteiger partial charge in [-0.3, -0.25) is 4.79 Å². The molecule has 0 spiro atoms. The number of carbonyl (C=O) groups is 1. The van der Waals surface area contributed by atoms with Crippen molar-refractivity contribution in [2.24, 2.45) is 11.8 Å². The number of carbonyl (C=O) groups excluding carboxylic acids is 1. The second-order valence-corrected chi connectivity index (χ2v) is 4.24. The predicted octanol–water partition coefficient (Wildman–Crippen LogP) is 0.511. The molecule has 2 atom stereocenters. The largest absolute Gasteiger partial charge is 0.358 e. The first-order chi connectivity index (χ1) is 6.31. The molecule has 2 rings (SSSR count). The van der Waals surface area contributed by atoms with Crippen LogP contribution in [0.3, 0.4) is 0 Å². The fraction of sp³-hybridized carbons (Fsp3) is 0.900. The van der Waals surface area contributed by atoms with Crippen LogP contribution in [0.5, 0.6) is 0 Å². The fourth-order valence-electron chi connectivity index (χ4n) is 2.32. The quantitative estimate of drug-likeness (QED) is 0.653. The monoisotopic (exact) mass is 182 g/mol. The Hall–Kier alpha value is -0.570. The van der Waals surface area contributed by atoms with Crippen molar-refractivity contribution in [2.45, 2.75) is 31.7 Å². The molecule has 0 bridgehead atoms. The van der Waals surface area contributed by atoms with Crippen molar-refractivity contribution < 1.29 is 4.79 Å². The maximum absolute atomic E-state index is 11.4. The van der Waals surface area contributed by atoms with Gasteiger partial charge in [0.2, 0.25) is 5.91 Å². The van der Waals surface area contributed by atoms with Crippen LogP contribution in [0.4, 0.5) is 0 Å². The SMILES string of the molecule is CNC(=O)C1CC(C2CC2)CCN1. The smallest absolute Gasteiger partial charge is 0.236 e. The van der Waals surface area contributed by atoms with Gasteiger partial charge in [-0.15, -0.1) is 0 Å². The van der Waals surface area contributed by atoms with Crippen LogP contribution in [-0.4, -0.2) is 25.5 Å². The highest BCUT2D eigenvalue weighted by atomic mass is 16.2. The van der Waals surface area contributed by atoms with E-state index in [4.69, 9.17) is 0 Å². The van der Waals surface area contributed by atoms with E-state index in [1.54, 1.807) is 7.05 Å². The van der Waals surface area contributed by atoms with E-state index in [9.17, 15) is 4.79 Å². The third-order valence-corrected chi connectivity index (χ3v) is 3.30. The standard InChI is InChI=1S/C10H18N2O/c1-11-10(13)9-6-8(4-5-12-9)7-2-3-7/h7-9,12H,2-6H2,1H3,(H,11,13). The zero-order chi connectivity index (χ0) is 9.26. The summed E-state index contributed by atoms with van der Waals surface area (Å²) in [5.41, 5.74) is 0. The van der Waals surface area contributed by atoms with Gasteiger partial charge in [-0.2, -0.15) is 0 Å². The first-order valence-electron chi connectivity index (χ1n) is 5.26. The van der Waals surface area contributed by atoms with Crippen LogP contribution in [0, 0.1) is 11.8 Å². The molecule has 1 saturated carbocycles. The van der Waals surface area contributed by atoms with Gasteiger partial charge in [0.15, 0.2) is 0 Å². The first-order valence-corrected chi connectivity index (χ1v) is 5.26. The van der Waals surface area contributed by atoms with Crippen molar-refractivity contribution in [3.63, 3.8) is 0 Å². The molecule has 0 radical (unpaired) electrons. The number of rotatable bonds is 2. The maximum atomic E-state index is 11.4. The minimum Gasteiger partial charge on any atom is -0.358 e. The maximum Gasteiger partial charge on any atom is 0.236 e. The topological polar surface area (TPSA) is 41.1 Å². The Kier molecular flexibility index (Phi) is 2.54. The average molecular weight is 182 g/mol. The van der Waals surface area contributed by atoms with Gasteiger partial charge < -0.3 is 10.6 Å². The number of nitrogens with one attached hydrogen (secondary N) is 2. The molecule has 74 valence electrons. The summed E-state index contributed by atoms with van der Waals surface area (Å²) in [6.45, 7) is 1.01. The number of amides is 1. The van der Waals surface area contributed by atoms with Crippen LogP contribution in [0.15, 0.2) is 0 Å². The van der Waals surface area contributed by atoms with Gasteiger partial charge in [0, 0.05) is 7.05 Å². The highest BCUT2D eigenvalue weighted by Crippen LogP contribution is 2.41. The van der Waals surface area contributed by atoms with E-state index in [2.05, 4.69) is 10.6 Å². The Balaban J connectivity index is 1.87. The van der Waals surface area contributed by atoms with E-state index in [-0.39, 0.29) is 11.9 Å². The lowest BCUT2D eigenvalue weighted by atomic mass is 9.88. The summed E-state index contributed by atoms with van der Waals surface area (Å²) in [7, 11) is 1.71. The molecule has 2 N–H and O–H groups in total. The molecular weight excluding hydrogens is 164 g/mol. The number of hydrogen-bond donors (Lipinski definition) is 2. The fourth-order valence-corrected chi connectivity index (χ4v) is 2.32. The lowest BCUT2D eigenvalue weighted by molar-refractivity contribution is -0.123. The Morgan fingerprint density at radius 1 is 1.31 bits per heavy atom. The lowest BCUT2D eigenvalue weighted by Crippen LogP contribution is -2.48. The van der Waals surface area contributed by atoms with E-state index in [0.29, 0.717) is 0 Å². The summed E-state index contributed by atoms with van der Waals surface area (Å²) < 4.78 is 0. The van der Waals surface area contributed by atoms with Crippen molar-refractivity contribution in [1.29, 1.82) is 0 Å². The van der Waals surface area contributed by atoms with Crippen LogP contribution in [0.1, 0.15) is 25.7 Å². The van der Waals surface area contributed by atoms with Gasteiger partial charge in [0.05, 0.1) is 6.04 Å². The van der Waals surface area contributed by atoms with Crippen LogP contribution in [0.2, 0.25) is 0 Å². The first kappa shape index (κ1) is 9.00. The molecule has 0 aromatic carbocycles. The van der Waals surface area contributed by atoms with Crippen molar-refractivity contribution in [1.82, 2.24) is 10.6 Å². The Labute approximate surface area is 79.3 Å². The molecule has 2 unspecified atom stereocenters. The van der Waals surface area contributed by atoms with Crippen LogP contribution < -0.4 is 10.6 Å². The molecule has 1 aliphatic carbocycles. The number of likely N-dealkylation sites (N-methyl/N-ethyl adjacent to an activating group) is 1. The van der Waals surface area contributed by atoms with Gasteiger partial charge in [-0.25, -0.2) is 0 Å². The summed E-state index contributed by atoms with van der Waals surface area (Å²) >= 11 is 0. The van der Waals surface area contributed by atoms with Crippen LogP contribution in [0.25, 0.3) is 0 Å². The van der Waals surface area contributed by atoms with Crippen molar-refractivity contribution >= 4 is 5.91 Å². The molecule has 1 saturated heterocycles. The van der Waals surface area contributed by atoms with Crippen LogP contribution >= 0.6 is 0 Å². The lowest BCUT2D eigenvalue weighted by Gasteiger charge is -2.29. The summed E-state index contributed by atoms with van der Waals surface area (Å²) in [4.78, 5) is 11.4. The highest BCUT2D eigenvalue weighted by Gasteiger charge is 2.36. The third kappa shape index (κ3) is 2.02. The molecule has 2 aliphatic rings. The molecule has 13 heavy (non-hydrogen) atoms. The summed E-state index contributed by atoms with van der Waals surface area (Å²) in [6, 6.07) is 0.0735. The highest BCUT2D eigenvalue weighted by molar-refractivity contribution is 5.81. The third-order valence-electron chi connectivity index (χ3n) is 3.30. The molecular formula is C10H18N2O. The van der Waals surface area contributed by atoms with Gasteiger partial charge in [-0.05, 0) is 44.1 Å². The van der Waals surface area contributed by atoms with Crippen molar-refractivity contribution in [3.8, 4) is 0 Å². The molecule has 0 aromatic rings. The van der Waals surface area contributed by atoms with Gasteiger partial charge in [-0.1, -0.05) is 0 Å². The number of hydrogen-bond acceptors (Lipinski definition) is 2. The summed E-state index contributed by atoms with van der Waals surface area (Å²) in [5.74, 6) is 1.91. The molecule has 2 fully saturated rings. The minimum absolute atomic E-state index is 0.0735. The zero-order valence-electron chi connectivity index (χ0n) is 8.18. The normalized spacial score (nSPS) is 34.2. The molecule has 3 heteroatoms. The second kappa shape index (κ2) is 3.66. The van der Waals surface area contributed by atoms with Crippen LogP contribution in [-0.2, 0) is 4.79 Å². The Bertz CT molecular complexity index is 201. The summed E-state index contributed by atoms with van der Waals surface area (Å²) in [6.07, 6.45) is 5.10. The van der Waals surface area contributed by atoms with E-state index >= 15 is 0 Å². The van der Waals surface area contributed by atoms with Gasteiger partial charge in [0.25, 0.3) is 0 Å². The van der Waals surface area contributed by atoms with Crippen molar-refractivity contribution in [2.75, 3.05) is 13.6 Å². The Morgan fingerprint density at radius 3 is 2.69 bits per heavy atom. The van der Waals surface area contributed by atoms with E-state index in [0.717, 1.165) is 24.8 Å². The zero-order valence-corrected chi connectivity index (χ0v) is 8.18.